The lowest BCUT2D eigenvalue weighted by Gasteiger charge is -2.25. The molecule has 3 heterocycles. The first kappa shape index (κ1) is 24.3. The van der Waals surface area contributed by atoms with Crippen LogP contribution in [0.15, 0.2) is 36.9 Å². The molecule has 8 nitrogen and oxygen atoms in total. The summed E-state index contributed by atoms with van der Waals surface area (Å²) in [7, 11) is 0. The molecule has 0 saturated carbocycles. The van der Waals surface area contributed by atoms with Crippen molar-refractivity contribution in [2.24, 2.45) is 0 Å². The van der Waals surface area contributed by atoms with Gasteiger partial charge in [-0.25, -0.2) is 19.9 Å². The van der Waals surface area contributed by atoms with Gasteiger partial charge >= 0.3 is 0 Å². The number of aromatic nitrogens is 4. The summed E-state index contributed by atoms with van der Waals surface area (Å²) < 4.78 is 16.4. The lowest BCUT2D eigenvalue weighted by molar-refractivity contribution is -0.130. The lowest BCUT2D eigenvalue weighted by Crippen LogP contribution is -2.36. The third kappa shape index (κ3) is 5.82. The fraction of sp³-hybridized carbons (Fsp3) is 0.333. The van der Waals surface area contributed by atoms with Crippen LogP contribution in [-0.2, 0) is 9.47 Å². The van der Waals surface area contributed by atoms with Crippen molar-refractivity contribution in [3.8, 4) is 11.5 Å². The van der Waals surface area contributed by atoms with E-state index in [1.54, 1.807) is 19.1 Å². The molecule has 0 spiro atoms. The molecule has 10 heteroatoms. The highest BCUT2D eigenvalue weighted by molar-refractivity contribution is 6.34. The Morgan fingerprint density at radius 1 is 0.882 bits per heavy atom. The molecule has 0 unspecified atom stereocenters. The van der Waals surface area contributed by atoms with E-state index >= 15 is 0 Å². The number of nitrogens with zero attached hydrogens (tertiary/aromatic N) is 4. The highest BCUT2D eigenvalue weighted by Gasteiger charge is 2.18. The minimum absolute atomic E-state index is 0.224. The van der Waals surface area contributed by atoms with Gasteiger partial charge in [-0.2, -0.15) is 0 Å². The van der Waals surface area contributed by atoms with Crippen LogP contribution in [0.1, 0.15) is 17.5 Å². The highest BCUT2D eigenvalue weighted by Crippen LogP contribution is 2.28. The second-order valence-corrected chi connectivity index (χ2v) is 8.57. The molecule has 1 saturated heterocycles. The van der Waals surface area contributed by atoms with Gasteiger partial charge in [0.25, 0.3) is 0 Å². The number of phenols is 1. The first-order valence-electron chi connectivity index (χ1n) is 10.7. The van der Waals surface area contributed by atoms with Crippen LogP contribution in [0.5, 0.6) is 11.5 Å². The van der Waals surface area contributed by atoms with E-state index in [0.29, 0.717) is 42.3 Å². The molecule has 1 fully saturated rings. The normalized spacial score (nSPS) is 13.4. The minimum Gasteiger partial charge on any atom is -0.508 e. The zero-order valence-corrected chi connectivity index (χ0v) is 20.3. The molecule has 0 bridgehead atoms. The molecule has 1 aliphatic rings. The van der Waals surface area contributed by atoms with Crippen molar-refractivity contribution >= 4 is 45.0 Å². The first-order chi connectivity index (χ1) is 16.4. The second kappa shape index (κ2) is 11.1. The SMILES string of the molecule is Cc1cc2c(Cl)ncnc2cc1O.Cc1cc2c(Cl)ncnc2cc1OCCCOC1COC1. The van der Waals surface area contributed by atoms with Gasteiger partial charge in [-0.05, 0) is 37.1 Å². The van der Waals surface area contributed by atoms with Gasteiger partial charge in [-0.3, -0.25) is 0 Å². The predicted molar refractivity (Wildman–Crippen MR) is 131 cm³/mol. The fourth-order valence-corrected chi connectivity index (χ4v) is 3.68. The molecule has 1 aliphatic heterocycles. The maximum absolute atomic E-state index is 9.40. The maximum atomic E-state index is 9.40. The topological polar surface area (TPSA) is 99.5 Å². The summed E-state index contributed by atoms with van der Waals surface area (Å²) in [5.74, 6) is 1.05. The number of halogens is 2. The van der Waals surface area contributed by atoms with Crippen molar-refractivity contribution in [3.63, 3.8) is 0 Å². The molecule has 0 aliphatic carbocycles. The van der Waals surface area contributed by atoms with Gasteiger partial charge < -0.3 is 19.3 Å². The largest absolute Gasteiger partial charge is 0.508 e. The summed E-state index contributed by atoms with van der Waals surface area (Å²) in [5.41, 5.74) is 3.23. The summed E-state index contributed by atoms with van der Waals surface area (Å²) in [6.45, 7) is 6.52. The van der Waals surface area contributed by atoms with Gasteiger partial charge in [0.05, 0.1) is 37.5 Å². The molecule has 0 atom stereocenters. The van der Waals surface area contributed by atoms with Gasteiger partial charge in [0.1, 0.15) is 40.6 Å². The van der Waals surface area contributed by atoms with Gasteiger partial charge in [0.2, 0.25) is 0 Å². The molecule has 5 rings (SSSR count). The Hall–Kier alpha value is -2.78. The smallest absolute Gasteiger partial charge is 0.140 e. The highest BCUT2D eigenvalue weighted by atomic mass is 35.5. The van der Waals surface area contributed by atoms with Crippen LogP contribution >= 0.6 is 23.2 Å². The van der Waals surface area contributed by atoms with E-state index in [4.69, 9.17) is 37.4 Å². The van der Waals surface area contributed by atoms with E-state index < -0.39 is 0 Å². The van der Waals surface area contributed by atoms with Gasteiger partial charge in [0.15, 0.2) is 0 Å². The van der Waals surface area contributed by atoms with E-state index in [1.165, 1.54) is 12.7 Å². The van der Waals surface area contributed by atoms with Crippen LogP contribution < -0.4 is 4.74 Å². The van der Waals surface area contributed by atoms with Crippen LogP contribution in [-0.4, -0.2) is 57.6 Å². The van der Waals surface area contributed by atoms with Crippen molar-refractivity contribution < 1.29 is 19.3 Å². The molecule has 1 N–H and O–H groups in total. The van der Waals surface area contributed by atoms with E-state index in [2.05, 4.69) is 19.9 Å². The number of phenolic OH excluding ortho intramolecular Hbond substituents is 1. The Bertz CT molecular complexity index is 1300. The Kier molecular flexibility index (Phi) is 7.95. The average Bonchev–Trinajstić information content (AvgIpc) is 2.78. The van der Waals surface area contributed by atoms with Crippen molar-refractivity contribution in [1.29, 1.82) is 0 Å². The van der Waals surface area contributed by atoms with Crippen LogP contribution in [0.4, 0.5) is 0 Å². The first-order valence-corrected chi connectivity index (χ1v) is 11.5. The number of hydrogen-bond acceptors (Lipinski definition) is 8. The maximum Gasteiger partial charge on any atom is 0.140 e. The second-order valence-electron chi connectivity index (χ2n) is 7.85. The number of hydrogen-bond donors (Lipinski definition) is 1. The Morgan fingerprint density at radius 3 is 2.12 bits per heavy atom. The zero-order valence-electron chi connectivity index (χ0n) is 18.8. The molecule has 2 aromatic carbocycles. The third-order valence-electron chi connectivity index (χ3n) is 5.30. The molecule has 0 radical (unpaired) electrons. The molecule has 4 aromatic rings. The molecule has 2 aromatic heterocycles. The minimum atomic E-state index is 0.224. The third-order valence-corrected chi connectivity index (χ3v) is 5.90. The number of fused-ring (bicyclic) bond motifs is 2. The van der Waals surface area contributed by atoms with Crippen molar-refractivity contribution in [1.82, 2.24) is 19.9 Å². The Labute approximate surface area is 206 Å². The van der Waals surface area contributed by atoms with Crippen molar-refractivity contribution in [3.05, 3.63) is 58.4 Å². The van der Waals surface area contributed by atoms with Crippen LogP contribution in [0.2, 0.25) is 10.3 Å². The number of rotatable bonds is 6. The monoisotopic (exact) mass is 502 g/mol. The van der Waals surface area contributed by atoms with Gasteiger partial charge in [-0.1, -0.05) is 23.2 Å². The zero-order chi connectivity index (χ0) is 24.1. The summed E-state index contributed by atoms with van der Waals surface area (Å²) >= 11 is 11.9. The molecule has 0 amide bonds. The number of ether oxygens (including phenoxy) is 3. The van der Waals surface area contributed by atoms with Gasteiger partial charge in [0, 0.05) is 29.3 Å². The van der Waals surface area contributed by atoms with Crippen LogP contribution in [0.3, 0.4) is 0 Å². The molecule has 178 valence electrons. The van der Waals surface area contributed by atoms with Gasteiger partial charge in [-0.15, -0.1) is 0 Å². The van der Waals surface area contributed by atoms with E-state index in [-0.39, 0.29) is 11.9 Å². The number of aromatic hydroxyl groups is 1. The van der Waals surface area contributed by atoms with Crippen LogP contribution in [0.25, 0.3) is 21.8 Å². The quantitative estimate of drug-likeness (QED) is 0.288. The van der Waals surface area contributed by atoms with E-state index in [9.17, 15) is 5.11 Å². The van der Waals surface area contributed by atoms with Crippen LogP contribution in [0, 0.1) is 13.8 Å². The fourth-order valence-electron chi connectivity index (χ4n) is 3.29. The summed E-state index contributed by atoms with van der Waals surface area (Å²) in [6.07, 6.45) is 3.95. The summed E-state index contributed by atoms with van der Waals surface area (Å²) in [5, 5.41) is 11.9. The Balaban J connectivity index is 0.000000180. The molecular formula is C24H24Cl2N4O4. The Morgan fingerprint density at radius 2 is 1.50 bits per heavy atom. The summed E-state index contributed by atoms with van der Waals surface area (Å²) in [4.78, 5) is 16.0. The number of aryl methyl sites for hydroxylation is 2. The van der Waals surface area contributed by atoms with E-state index in [1.807, 2.05) is 19.1 Å². The lowest BCUT2D eigenvalue weighted by atomic mass is 10.1. The van der Waals surface area contributed by atoms with Crippen molar-refractivity contribution in [2.45, 2.75) is 26.4 Å². The van der Waals surface area contributed by atoms with E-state index in [0.717, 1.165) is 39.6 Å². The number of benzene rings is 2. The van der Waals surface area contributed by atoms with Crippen molar-refractivity contribution in [2.75, 3.05) is 26.4 Å². The molecule has 34 heavy (non-hydrogen) atoms. The standard InChI is InChI=1S/C15H17ClN2O3.C9H7ClN2O/c1-10-5-12-13(17-9-18-15(12)16)6-14(10)21-4-2-3-20-11-7-19-8-11;1-5-2-6-7(3-8(5)13)11-4-12-9(6)10/h5-6,9,11H,2-4,7-8H2,1H3;2-4,13H,1H3. The molecular weight excluding hydrogens is 479 g/mol. The average molecular weight is 503 g/mol. The summed E-state index contributed by atoms with van der Waals surface area (Å²) in [6, 6.07) is 7.21. The predicted octanol–water partition coefficient (Wildman–Crippen LogP) is 5.07.